The van der Waals surface area contributed by atoms with Gasteiger partial charge in [0.1, 0.15) is 11.6 Å². The predicted molar refractivity (Wildman–Crippen MR) is 77.7 cm³/mol. The number of fused-ring (bicyclic) bond motifs is 1. The molecule has 3 aromatic rings. The minimum Gasteiger partial charge on any atom is -0.384 e. The van der Waals surface area contributed by atoms with Crippen molar-refractivity contribution in [2.45, 2.75) is 0 Å². The fourth-order valence-electron chi connectivity index (χ4n) is 1.83. The van der Waals surface area contributed by atoms with Crippen LogP contribution in [0.25, 0.3) is 11.0 Å². The third kappa shape index (κ3) is 2.63. The molecule has 0 aliphatic rings. The van der Waals surface area contributed by atoms with Gasteiger partial charge in [-0.1, -0.05) is 11.6 Å². The molecule has 8 heteroatoms. The molecule has 3 rings (SSSR count). The first-order chi connectivity index (χ1) is 10.0. The standard InChI is InChI=1S/C13H9ClFN5O/c14-7-4-9-10(5-8(7)15)19-13(18-9)20-12(21)6-1-2-17-11(16)3-6/h1-5H,(H2,16,17)(H2,18,19,20,21). The summed E-state index contributed by atoms with van der Waals surface area (Å²) in [6, 6.07) is 5.55. The van der Waals surface area contributed by atoms with Crippen molar-refractivity contribution < 1.29 is 9.18 Å². The number of benzene rings is 1. The monoisotopic (exact) mass is 305 g/mol. The molecule has 1 aromatic carbocycles. The summed E-state index contributed by atoms with van der Waals surface area (Å²) >= 11 is 5.68. The van der Waals surface area contributed by atoms with Crippen LogP contribution in [0.1, 0.15) is 10.4 Å². The number of aromatic amines is 1. The van der Waals surface area contributed by atoms with Gasteiger partial charge in [-0.15, -0.1) is 0 Å². The highest BCUT2D eigenvalue weighted by atomic mass is 35.5. The van der Waals surface area contributed by atoms with Crippen molar-refractivity contribution in [3.05, 3.63) is 46.9 Å². The largest absolute Gasteiger partial charge is 0.384 e. The van der Waals surface area contributed by atoms with Crippen molar-refractivity contribution >= 4 is 40.3 Å². The lowest BCUT2D eigenvalue weighted by atomic mass is 10.2. The Morgan fingerprint density at radius 2 is 2.19 bits per heavy atom. The number of nitrogen functional groups attached to an aromatic ring is 1. The Kier molecular flexibility index (Phi) is 3.19. The number of carbonyl (C=O) groups excluding carboxylic acids is 1. The van der Waals surface area contributed by atoms with Gasteiger partial charge in [0.05, 0.1) is 16.1 Å². The predicted octanol–water partition coefficient (Wildman–Crippen LogP) is 2.58. The van der Waals surface area contributed by atoms with Gasteiger partial charge in [-0.25, -0.2) is 14.4 Å². The fraction of sp³-hybridized carbons (Fsp3) is 0. The second-order valence-corrected chi connectivity index (χ2v) is 4.70. The molecule has 0 saturated heterocycles. The molecule has 4 N–H and O–H groups in total. The second-order valence-electron chi connectivity index (χ2n) is 4.29. The van der Waals surface area contributed by atoms with E-state index < -0.39 is 11.7 Å². The van der Waals surface area contributed by atoms with Gasteiger partial charge in [-0.05, 0) is 18.2 Å². The Hall–Kier alpha value is -2.67. The Labute approximate surface area is 123 Å². The molecule has 0 unspecified atom stereocenters. The van der Waals surface area contributed by atoms with Crippen molar-refractivity contribution in [3.63, 3.8) is 0 Å². The highest BCUT2D eigenvalue weighted by Crippen LogP contribution is 2.22. The number of carbonyl (C=O) groups is 1. The number of amides is 1. The second kappa shape index (κ2) is 5.02. The van der Waals surface area contributed by atoms with Gasteiger partial charge in [0.15, 0.2) is 0 Å². The zero-order chi connectivity index (χ0) is 15.0. The SMILES string of the molecule is Nc1cc(C(=O)Nc2nc3cc(Cl)c(F)cc3[nH]2)ccn1. The molecule has 0 aliphatic carbocycles. The lowest BCUT2D eigenvalue weighted by Gasteiger charge is -2.01. The maximum absolute atomic E-state index is 13.3. The average Bonchev–Trinajstić information content (AvgIpc) is 2.80. The molecule has 6 nitrogen and oxygen atoms in total. The molecule has 0 aliphatic heterocycles. The van der Waals surface area contributed by atoms with Crippen molar-refractivity contribution in [2.24, 2.45) is 0 Å². The number of H-pyrrole nitrogens is 1. The zero-order valence-electron chi connectivity index (χ0n) is 10.5. The Bertz CT molecular complexity index is 809. The van der Waals surface area contributed by atoms with E-state index in [1.807, 2.05) is 0 Å². The molecular weight excluding hydrogens is 297 g/mol. The quantitative estimate of drug-likeness (QED) is 0.678. The summed E-state index contributed by atoms with van der Waals surface area (Å²) in [6.07, 6.45) is 1.43. The minimum atomic E-state index is -0.562. The molecule has 0 bridgehead atoms. The number of nitrogens with zero attached hydrogens (tertiary/aromatic N) is 2. The number of hydrogen-bond acceptors (Lipinski definition) is 4. The molecule has 0 saturated carbocycles. The number of pyridine rings is 1. The zero-order valence-corrected chi connectivity index (χ0v) is 11.3. The van der Waals surface area contributed by atoms with Crippen LogP contribution < -0.4 is 11.1 Å². The first-order valence-corrected chi connectivity index (χ1v) is 6.28. The Balaban J connectivity index is 1.89. The molecule has 106 valence electrons. The molecule has 0 spiro atoms. The van der Waals surface area contributed by atoms with Crippen molar-refractivity contribution in [3.8, 4) is 0 Å². The van der Waals surface area contributed by atoms with Gasteiger partial charge >= 0.3 is 0 Å². The Morgan fingerprint density at radius 1 is 1.38 bits per heavy atom. The van der Waals surface area contributed by atoms with Crippen LogP contribution in [0.2, 0.25) is 5.02 Å². The van der Waals surface area contributed by atoms with Crippen LogP contribution in [0.5, 0.6) is 0 Å². The Morgan fingerprint density at radius 3 is 2.95 bits per heavy atom. The van der Waals surface area contributed by atoms with Gasteiger partial charge in [-0.2, -0.15) is 0 Å². The number of rotatable bonds is 2. The highest BCUT2D eigenvalue weighted by molar-refractivity contribution is 6.31. The van der Waals surface area contributed by atoms with E-state index in [9.17, 15) is 9.18 Å². The van der Waals surface area contributed by atoms with Crippen LogP contribution in [0.15, 0.2) is 30.5 Å². The van der Waals surface area contributed by atoms with Gasteiger partial charge in [0.25, 0.3) is 5.91 Å². The summed E-state index contributed by atoms with van der Waals surface area (Å²) < 4.78 is 13.3. The first-order valence-electron chi connectivity index (χ1n) is 5.90. The van der Waals surface area contributed by atoms with E-state index in [2.05, 4.69) is 20.3 Å². The van der Waals surface area contributed by atoms with Crippen molar-refractivity contribution in [1.82, 2.24) is 15.0 Å². The van der Waals surface area contributed by atoms with E-state index in [4.69, 9.17) is 17.3 Å². The van der Waals surface area contributed by atoms with E-state index in [0.29, 0.717) is 16.6 Å². The molecule has 0 atom stereocenters. The number of nitrogens with one attached hydrogen (secondary N) is 2. The number of hydrogen-bond donors (Lipinski definition) is 3. The maximum atomic E-state index is 13.3. The fourth-order valence-corrected chi connectivity index (χ4v) is 1.99. The first kappa shape index (κ1) is 13.3. The van der Waals surface area contributed by atoms with Crippen molar-refractivity contribution in [1.29, 1.82) is 0 Å². The topological polar surface area (TPSA) is 96.7 Å². The molecule has 1 amide bonds. The smallest absolute Gasteiger partial charge is 0.258 e. The summed E-state index contributed by atoms with van der Waals surface area (Å²) in [5.41, 5.74) is 6.74. The molecule has 0 fully saturated rings. The van der Waals surface area contributed by atoms with Crippen molar-refractivity contribution in [2.75, 3.05) is 11.1 Å². The van der Waals surface area contributed by atoms with Gasteiger partial charge in [0, 0.05) is 17.8 Å². The number of nitrogens with two attached hydrogens (primary N) is 1. The number of imidazole rings is 1. The van der Waals surface area contributed by atoms with E-state index in [1.54, 1.807) is 0 Å². The normalized spacial score (nSPS) is 10.8. The lowest BCUT2D eigenvalue weighted by molar-refractivity contribution is 0.102. The van der Waals surface area contributed by atoms with Crippen LogP contribution in [0.4, 0.5) is 16.2 Å². The average molecular weight is 306 g/mol. The van der Waals surface area contributed by atoms with Crippen LogP contribution in [0, 0.1) is 5.82 Å². The third-order valence-corrected chi connectivity index (χ3v) is 3.09. The van der Waals surface area contributed by atoms with Gasteiger partial charge < -0.3 is 10.7 Å². The van der Waals surface area contributed by atoms with Crippen LogP contribution in [-0.2, 0) is 0 Å². The summed E-state index contributed by atoms with van der Waals surface area (Å²) in [5.74, 6) is -0.546. The molecule has 0 radical (unpaired) electrons. The summed E-state index contributed by atoms with van der Waals surface area (Å²) in [6.45, 7) is 0. The highest BCUT2D eigenvalue weighted by Gasteiger charge is 2.11. The van der Waals surface area contributed by atoms with E-state index >= 15 is 0 Å². The molecule has 21 heavy (non-hydrogen) atoms. The number of halogens is 2. The number of aromatic nitrogens is 3. The number of anilines is 2. The summed E-state index contributed by atoms with van der Waals surface area (Å²) in [4.78, 5) is 22.7. The van der Waals surface area contributed by atoms with Gasteiger partial charge in [-0.3, -0.25) is 10.1 Å². The molecule has 2 aromatic heterocycles. The van der Waals surface area contributed by atoms with Crippen LogP contribution in [0.3, 0.4) is 0 Å². The van der Waals surface area contributed by atoms with Gasteiger partial charge in [0.2, 0.25) is 5.95 Å². The summed E-state index contributed by atoms with van der Waals surface area (Å²) in [7, 11) is 0. The van der Waals surface area contributed by atoms with E-state index in [0.717, 1.165) is 0 Å². The summed E-state index contributed by atoms with van der Waals surface area (Å²) in [5, 5.41) is 2.53. The third-order valence-electron chi connectivity index (χ3n) is 2.80. The van der Waals surface area contributed by atoms with E-state index in [1.165, 1.54) is 30.5 Å². The maximum Gasteiger partial charge on any atom is 0.258 e. The van der Waals surface area contributed by atoms with Crippen LogP contribution >= 0.6 is 11.6 Å². The molecule has 2 heterocycles. The van der Waals surface area contributed by atoms with E-state index in [-0.39, 0.29) is 16.8 Å². The minimum absolute atomic E-state index is 0.0335. The van der Waals surface area contributed by atoms with Crippen LogP contribution in [-0.4, -0.2) is 20.9 Å². The lowest BCUT2D eigenvalue weighted by Crippen LogP contribution is -2.13. The molecular formula is C13H9ClFN5O.